The molecular formula is C24H16Cl2N4O4. The molecule has 3 aromatic carbocycles. The van der Waals surface area contributed by atoms with Crippen LogP contribution in [-0.4, -0.2) is 10.4 Å². The molecule has 0 saturated carbocycles. The highest BCUT2D eigenvalue weighted by Crippen LogP contribution is 2.30. The van der Waals surface area contributed by atoms with E-state index in [9.17, 15) is 20.8 Å². The Labute approximate surface area is 204 Å². The molecule has 0 heterocycles. The van der Waals surface area contributed by atoms with Gasteiger partial charge in [0.1, 0.15) is 0 Å². The minimum atomic E-state index is -1.20. The van der Waals surface area contributed by atoms with Crippen LogP contribution in [0.3, 0.4) is 0 Å². The van der Waals surface area contributed by atoms with Gasteiger partial charge in [0.2, 0.25) is 0 Å². The molecule has 2 unspecified atom stereocenters. The summed E-state index contributed by atoms with van der Waals surface area (Å²) in [5.74, 6) is 0. The van der Waals surface area contributed by atoms with Gasteiger partial charge in [-0.05, 0) is 47.5 Å². The molecule has 0 aliphatic heterocycles. The summed E-state index contributed by atoms with van der Waals surface area (Å²) in [4.78, 5) is 0. The number of hydrogen-bond acceptors (Lipinski definition) is 6. The van der Waals surface area contributed by atoms with E-state index in [1.54, 1.807) is 36.4 Å². The first kappa shape index (κ1) is 25.1. The van der Waals surface area contributed by atoms with E-state index in [0.29, 0.717) is 11.1 Å². The number of quaternary nitrogens is 2. The molecule has 0 amide bonds. The average Bonchev–Trinajstić information content (AvgIpc) is 2.84. The maximum atomic E-state index is 11.5. The SMILES string of the molecule is N#Cc1ccc(C(Cl)=Cc2ccc(C=C(Cl)c3ccc(C#N)cc3[NH+]([O-])O)cc2)c([NH+]([O-])O)c1. The second-order valence-electron chi connectivity index (χ2n) is 7.01. The van der Waals surface area contributed by atoms with E-state index < -0.39 is 10.5 Å². The van der Waals surface area contributed by atoms with Crippen LogP contribution < -0.4 is 10.5 Å². The largest absolute Gasteiger partial charge is 0.595 e. The van der Waals surface area contributed by atoms with E-state index >= 15 is 0 Å². The monoisotopic (exact) mass is 494 g/mol. The lowest BCUT2D eigenvalue weighted by Crippen LogP contribution is -2.99. The van der Waals surface area contributed by atoms with Crippen LogP contribution in [0.25, 0.3) is 22.2 Å². The standard InChI is InChI=1S/C24H16Cl2N4O4/c25-21(19-7-5-17(13-27)11-23(19)29(31)32)9-15-1-2-16(4-3-15)10-22(26)20-8-6-18(14-28)12-24(20)30(33)34/h1-12,29-31,33H. The van der Waals surface area contributed by atoms with Crippen molar-refractivity contribution in [3.63, 3.8) is 0 Å². The van der Waals surface area contributed by atoms with Gasteiger partial charge in [-0.1, -0.05) is 47.5 Å². The third-order valence-corrected chi connectivity index (χ3v) is 5.42. The molecule has 2 atom stereocenters. The van der Waals surface area contributed by atoms with Gasteiger partial charge in [0.15, 0.2) is 11.4 Å². The van der Waals surface area contributed by atoms with E-state index in [0.717, 1.165) is 0 Å². The van der Waals surface area contributed by atoms with Gasteiger partial charge >= 0.3 is 0 Å². The van der Waals surface area contributed by atoms with Gasteiger partial charge in [-0.15, -0.1) is 0 Å². The molecule has 0 radical (unpaired) electrons. The van der Waals surface area contributed by atoms with Crippen molar-refractivity contribution in [2.24, 2.45) is 0 Å². The lowest BCUT2D eigenvalue weighted by molar-refractivity contribution is -0.991. The van der Waals surface area contributed by atoms with E-state index in [1.165, 1.54) is 36.4 Å². The Hall–Kier alpha value is -3.54. The normalized spacial score (nSPS) is 13.6. The third-order valence-electron chi connectivity index (χ3n) is 4.80. The smallest absolute Gasteiger partial charge is 0.173 e. The van der Waals surface area contributed by atoms with Crippen molar-refractivity contribution in [3.8, 4) is 12.1 Å². The number of nitrogens with one attached hydrogen (secondary N) is 2. The van der Waals surface area contributed by atoms with Crippen LogP contribution in [-0.2, 0) is 0 Å². The predicted molar refractivity (Wildman–Crippen MR) is 128 cm³/mol. The summed E-state index contributed by atoms with van der Waals surface area (Å²) in [6.07, 6.45) is 3.18. The predicted octanol–water partition coefficient (Wildman–Crippen LogP) is 3.71. The highest BCUT2D eigenvalue weighted by atomic mass is 35.5. The molecule has 0 saturated heterocycles. The van der Waals surface area contributed by atoms with Gasteiger partial charge in [-0.3, -0.25) is 0 Å². The highest BCUT2D eigenvalue weighted by molar-refractivity contribution is 6.52. The maximum Gasteiger partial charge on any atom is 0.173 e. The molecule has 0 aliphatic carbocycles. The minimum absolute atomic E-state index is 0.0803. The molecule has 170 valence electrons. The summed E-state index contributed by atoms with van der Waals surface area (Å²) in [5, 5.41) is 57.9. The van der Waals surface area contributed by atoms with Crippen LogP contribution in [0.2, 0.25) is 0 Å². The van der Waals surface area contributed by atoms with Crippen LogP contribution >= 0.6 is 23.2 Å². The van der Waals surface area contributed by atoms with Crippen molar-refractivity contribution in [2.75, 3.05) is 0 Å². The first-order chi connectivity index (χ1) is 16.2. The summed E-state index contributed by atoms with van der Waals surface area (Å²) in [7, 11) is 0. The molecule has 0 fully saturated rings. The molecule has 3 aromatic rings. The number of halogens is 2. The first-order valence-electron chi connectivity index (χ1n) is 9.63. The van der Waals surface area contributed by atoms with Crippen molar-refractivity contribution in [1.29, 1.82) is 10.5 Å². The zero-order chi connectivity index (χ0) is 24.8. The van der Waals surface area contributed by atoms with Crippen LogP contribution in [0.1, 0.15) is 33.4 Å². The summed E-state index contributed by atoms with van der Waals surface area (Å²) in [6.45, 7) is 0. The third kappa shape index (κ3) is 5.87. The molecule has 0 bridgehead atoms. The quantitative estimate of drug-likeness (QED) is 0.303. The van der Waals surface area contributed by atoms with Gasteiger partial charge < -0.3 is 10.4 Å². The Kier molecular flexibility index (Phi) is 8.16. The lowest BCUT2D eigenvalue weighted by Gasteiger charge is -2.15. The summed E-state index contributed by atoms with van der Waals surface area (Å²) < 4.78 is 0. The molecule has 3 rings (SSSR count). The van der Waals surface area contributed by atoms with E-state index in [-0.39, 0.29) is 43.7 Å². The van der Waals surface area contributed by atoms with Crippen LogP contribution in [0.4, 0.5) is 11.4 Å². The number of nitriles is 2. The van der Waals surface area contributed by atoms with Crippen LogP contribution in [0.5, 0.6) is 0 Å². The highest BCUT2D eigenvalue weighted by Gasteiger charge is 2.15. The number of benzene rings is 3. The zero-order valence-corrected chi connectivity index (χ0v) is 18.8. The number of hydrogen-bond donors (Lipinski definition) is 4. The molecule has 0 aromatic heterocycles. The Morgan fingerprint density at radius 2 is 1.06 bits per heavy atom. The lowest BCUT2D eigenvalue weighted by atomic mass is 10.0. The number of nitrogens with zero attached hydrogens (tertiary/aromatic N) is 2. The summed E-state index contributed by atoms with van der Waals surface area (Å²) in [6, 6.07) is 19.2. The zero-order valence-electron chi connectivity index (χ0n) is 17.3. The van der Waals surface area contributed by atoms with Crippen LogP contribution in [0.15, 0.2) is 60.7 Å². The van der Waals surface area contributed by atoms with Crippen molar-refractivity contribution in [1.82, 2.24) is 0 Å². The first-order valence-corrected chi connectivity index (χ1v) is 10.4. The van der Waals surface area contributed by atoms with Gasteiger partial charge in [-0.2, -0.15) is 21.0 Å². The Morgan fingerprint density at radius 3 is 1.35 bits per heavy atom. The number of rotatable bonds is 6. The van der Waals surface area contributed by atoms with Crippen molar-refractivity contribution < 1.29 is 20.9 Å². The van der Waals surface area contributed by atoms with E-state index in [2.05, 4.69) is 0 Å². The molecule has 34 heavy (non-hydrogen) atoms. The summed E-state index contributed by atoms with van der Waals surface area (Å²) in [5.41, 5.74) is 2.20. The van der Waals surface area contributed by atoms with Crippen molar-refractivity contribution in [3.05, 3.63) is 104 Å². The topological polar surface area (TPSA) is 143 Å². The van der Waals surface area contributed by atoms with Gasteiger partial charge in [-0.25, -0.2) is 10.4 Å². The molecular weight excluding hydrogens is 479 g/mol. The molecule has 8 nitrogen and oxygen atoms in total. The average molecular weight is 495 g/mol. The van der Waals surface area contributed by atoms with E-state index in [1.807, 2.05) is 12.1 Å². The second kappa shape index (κ2) is 11.1. The fourth-order valence-corrected chi connectivity index (χ4v) is 3.72. The molecule has 4 N–H and O–H groups in total. The van der Waals surface area contributed by atoms with Gasteiger partial charge in [0.05, 0.1) is 44.5 Å². The minimum Gasteiger partial charge on any atom is -0.595 e. The second-order valence-corrected chi connectivity index (χ2v) is 7.82. The Balaban J connectivity index is 1.89. The fraction of sp³-hybridized carbons (Fsp3) is 0. The van der Waals surface area contributed by atoms with Gasteiger partial charge in [0, 0.05) is 12.1 Å². The Bertz CT molecular complexity index is 1250. The summed E-state index contributed by atoms with van der Waals surface area (Å²) >= 11 is 12.7. The maximum absolute atomic E-state index is 11.5. The molecule has 0 spiro atoms. The van der Waals surface area contributed by atoms with Crippen LogP contribution in [0, 0.1) is 33.1 Å². The van der Waals surface area contributed by atoms with E-state index in [4.69, 9.17) is 33.7 Å². The van der Waals surface area contributed by atoms with Gasteiger partial charge in [0.25, 0.3) is 0 Å². The van der Waals surface area contributed by atoms with Crippen molar-refractivity contribution >= 4 is 56.8 Å². The molecule has 10 heteroatoms. The molecule has 0 aliphatic rings. The van der Waals surface area contributed by atoms with Crippen molar-refractivity contribution in [2.45, 2.75) is 0 Å². The Morgan fingerprint density at radius 1 is 0.706 bits per heavy atom. The fourth-order valence-electron chi connectivity index (χ4n) is 3.13.